The minimum atomic E-state index is -0.341. The molecule has 0 amide bonds. The number of hydrogen-bond acceptors (Lipinski definition) is 4. The molecular formula is C26H28N2O3. The lowest BCUT2D eigenvalue weighted by atomic mass is 9.48. The number of methoxy groups -OCH3 is 2. The highest BCUT2D eigenvalue weighted by atomic mass is 16.5. The van der Waals surface area contributed by atoms with Crippen LogP contribution in [-0.2, 0) is 10.2 Å². The minimum absolute atomic E-state index is 0.250. The van der Waals surface area contributed by atoms with Crippen molar-refractivity contribution in [2.45, 2.75) is 43.9 Å². The molecule has 0 atom stereocenters. The third-order valence-corrected chi connectivity index (χ3v) is 7.99. The monoisotopic (exact) mass is 416 g/mol. The summed E-state index contributed by atoms with van der Waals surface area (Å²) >= 11 is 0. The highest BCUT2D eigenvalue weighted by molar-refractivity contribution is 5.94. The van der Waals surface area contributed by atoms with Crippen molar-refractivity contribution in [3.05, 3.63) is 47.5 Å². The number of nitrogens with zero attached hydrogens (tertiary/aromatic N) is 1. The van der Waals surface area contributed by atoms with E-state index in [0.29, 0.717) is 5.56 Å². The molecule has 0 unspecified atom stereocenters. The van der Waals surface area contributed by atoms with E-state index in [1.807, 2.05) is 6.07 Å². The van der Waals surface area contributed by atoms with Gasteiger partial charge in [-0.3, -0.25) is 0 Å². The zero-order valence-corrected chi connectivity index (χ0v) is 18.1. The van der Waals surface area contributed by atoms with Gasteiger partial charge in [-0.1, -0.05) is 0 Å². The number of rotatable bonds is 4. The van der Waals surface area contributed by atoms with Crippen molar-refractivity contribution in [2.24, 2.45) is 17.8 Å². The maximum atomic E-state index is 11.9. The molecule has 2 aromatic carbocycles. The summed E-state index contributed by atoms with van der Waals surface area (Å²) in [5.41, 5.74) is 4.89. The van der Waals surface area contributed by atoms with Crippen LogP contribution in [0.2, 0.25) is 0 Å². The predicted molar refractivity (Wildman–Crippen MR) is 119 cm³/mol. The fourth-order valence-electron chi connectivity index (χ4n) is 7.10. The third-order valence-electron chi connectivity index (χ3n) is 7.99. The van der Waals surface area contributed by atoms with Crippen LogP contribution in [0.5, 0.6) is 5.75 Å². The van der Waals surface area contributed by atoms with Crippen LogP contribution in [0.4, 0.5) is 0 Å². The molecule has 160 valence electrons. The number of fused-ring (bicyclic) bond motifs is 1. The first-order valence-corrected chi connectivity index (χ1v) is 11.3. The Morgan fingerprint density at radius 1 is 1.00 bits per heavy atom. The van der Waals surface area contributed by atoms with Crippen molar-refractivity contribution in [3.63, 3.8) is 0 Å². The van der Waals surface area contributed by atoms with E-state index in [0.717, 1.165) is 45.9 Å². The largest absolute Gasteiger partial charge is 0.496 e. The molecule has 5 heteroatoms. The van der Waals surface area contributed by atoms with Crippen LogP contribution in [0.15, 0.2) is 36.4 Å². The second-order valence-corrected chi connectivity index (χ2v) is 9.92. The van der Waals surface area contributed by atoms with E-state index in [1.54, 1.807) is 19.2 Å². The van der Waals surface area contributed by atoms with E-state index in [1.165, 1.54) is 51.2 Å². The second kappa shape index (κ2) is 6.84. The molecule has 3 aromatic rings. The number of esters is 1. The van der Waals surface area contributed by atoms with E-state index >= 15 is 0 Å². The molecule has 0 spiro atoms. The van der Waals surface area contributed by atoms with Crippen molar-refractivity contribution in [3.8, 4) is 17.1 Å². The molecule has 5 nitrogen and oxygen atoms in total. The zero-order chi connectivity index (χ0) is 21.2. The van der Waals surface area contributed by atoms with Crippen molar-refractivity contribution in [1.29, 1.82) is 0 Å². The predicted octanol–water partition coefficient (Wildman–Crippen LogP) is 5.49. The normalized spacial score (nSPS) is 28.8. The van der Waals surface area contributed by atoms with Crippen LogP contribution in [0.25, 0.3) is 22.4 Å². The average molecular weight is 417 g/mol. The van der Waals surface area contributed by atoms with E-state index in [2.05, 4.69) is 23.2 Å². The summed E-state index contributed by atoms with van der Waals surface area (Å²) in [7, 11) is 3.18. The molecule has 4 aliphatic rings. The van der Waals surface area contributed by atoms with E-state index in [-0.39, 0.29) is 11.4 Å². The Balaban J connectivity index is 1.42. The van der Waals surface area contributed by atoms with Gasteiger partial charge in [0, 0.05) is 11.1 Å². The summed E-state index contributed by atoms with van der Waals surface area (Å²) in [5, 5.41) is 0. The van der Waals surface area contributed by atoms with Gasteiger partial charge in [0.2, 0.25) is 0 Å². The van der Waals surface area contributed by atoms with Crippen molar-refractivity contribution >= 4 is 17.0 Å². The topological polar surface area (TPSA) is 64.2 Å². The van der Waals surface area contributed by atoms with Gasteiger partial charge in [0.25, 0.3) is 0 Å². The quantitative estimate of drug-likeness (QED) is 0.571. The number of benzene rings is 2. The molecule has 4 saturated carbocycles. The summed E-state index contributed by atoms with van der Waals surface area (Å²) in [4.78, 5) is 20.1. The zero-order valence-electron chi connectivity index (χ0n) is 18.1. The Kier molecular flexibility index (Phi) is 4.17. The molecule has 1 aromatic heterocycles. The number of nitrogens with one attached hydrogen (secondary N) is 1. The molecular weight excluding hydrogens is 388 g/mol. The fraction of sp³-hybridized carbons (Fsp3) is 0.462. The van der Waals surface area contributed by atoms with Crippen molar-refractivity contribution < 1.29 is 14.3 Å². The molecule has 7 rings (SSSR count). The van der Waals surface area contributed by atoms with Gasteiger partial charge < -0.3 is 14.5 Å². The van der Waals surface area contributed by atoms with Crippen molar-refractivity contribution in [2.75, 3.05) is 14.2 Å². The molecule has 4 bridgehead atoms. The lowest BCUT2D eigenvalue weighted by Gasteiger charge is -2.57. The molecule has 0 saturated heterocycles. The minimum Gasteiger partial charge on any atom is -0.496 e. The van der Waals surface area contributed by atoms with E-state index < -0.39 is 0 Å². The van der Waals surface area contributed by atoms with Gasteiger partial charge in [-0.25, -0.2) is 9.78 Å². The van der Waals surface area contributed by atoms with Crippen LogP contribution in [0, 0.1) is 17.8 Å². The first-order valence-electron chi connectivity index (χ1n) is 11.3. The summed E-state index contributed by atoms with van der Waals surface area (Å²) in [6.45, 7) is 0. The highest BCUT2D eigenvalue weighted by Crippen LogP contribution is 2.62. The number of carbonyl (C=O) groups is 1. The molecule has 4 fully saturated rings. The molecule has 1 heterocycles. The first-order chi connectivity index (χ1) is 15.1. The number of aromatic nitrogens is 2. The molecule has 0 radical (unpaired) electrons. The van der Waals surface area contributed by atoms with Gasteiger partial charge in [-0.05, 0) is 98.1 Å². The lowest BCUT2D eigenvalue weighted by Crippen LogP contribution is -2.48. The average Bonchev–Trinajstić information content (AvgIpc) is 3.20. The maximum absolute atomic E-state index is 11.9. The van der Waals surface area contributed by atoms with Crippen LogP contribution in [0.1, 0.15) is 54.4 Å². The molecule has 0 aliphatic heterocycles. The van der Waals surface area contributed by atoms with Gasteiger partial charge in [-0.15, -0.1) is 0 Å². The molecule has 4 aliphatic carbocycles. The Bertz CT molecular complexity index is 1140. The molecule has 1 N–H and O–H groups in total. The number of imidazole rings is 1. The third kappa shape index (κ3) is 2.97. The van der Waals surface area contributed by atoms with Crippen LogP contribution in [-0.4, -0.2) is 30.2 Å². The number of hydrogen-bond donors (Lipinski definition) is 1. The van der Waals surface area contributed by atoms with Gasteiger partial charge in [0.15, 0.2) is 0 Å². The number of H-pyrrole nitrogens is 1. The van der Waals surface area contributed by atoms with Gasteiger partial charge in [0.1, 0.15) is 11.6 Å². The summed E-state index contributed by atoms with van der Waals surface area (Å²) in [5.74, 6) is 4.12. The Labute approximate surface area is 182 Å². The van der Waals surface area contributed by atoms with Crippen molar-refractivity contribution in [1.82, 2.24) is 9.97 Å². The maximum Gasteiger partial charge on any atom is 0.337 e. The van der Waals surface area contributed by atoms with Crippen LogP contribution >= 0.6 is 0 Å². The highest BCUT2D eigenvalue weighted by Gasteiger charge is 2.52. The smallest absolute Gasteiger partial charge is 0.337 e. The first kappa shape index (κ1) is 18.9. The summed E-state index contributed by atoms with van der Waals surface area (Å²) < 4.78 is 10.7. The Morgan fingerprint density at radius 2 is 1.71 bits per heavy atom. The van der Waals surface area contributed by atoms with Gasteiger partial charge in [0.05, 0.1) is 30.8 Å². The Morgan fingerprint density at radius 3 is 2.35 bits per heavy atom. The van der Waals surface area contributed by atoms with Gasteiger partial charge >= 0.3 is 5.97 Å². The van der Waals surface area contributed by atoms with Crippen LogP contribution in [0.3, 0.4) is 0 Å². The second-order valence-electron chi connectivity index (χ2n) is 9.92. The standard InChI is InChI=1S/C26H28N2O3/c1-30-23-6-4-18(24-27-21-5-3-19(25(29)31-2)11-22(21)28-24)10-20(23)26-12-15-7-16(13-26)9-17(8-15)14-26/h3-6,10-11,15-17H,7-9,12-14H2,1-2H3,(H,27,28). The lowest BCUT2D eigenvalue weighted by molar-refractivity contribution is -0.00613. The Hall–Kier alpha value is -2.82. The van der Waals surface area contributed by atoms with Crippen LogP contribution < -0.4 is 4.74 Å². The summed E-state index contributed by atoms with van der Waals surface area (Å²) in [6, 6.07) is 11.9. The van der Waals surface area contributed by atoms with E-state index in [4.69, 9.17) is 14.5 Å². The van der Waals surface area contributed by atoms with E-state index in [9.17, 15) is 4.79 Å². The number of ether oxygens (including phenoxy) is 2. The number of carbonyl (C=O) groups excluding carboxylic acids is 1. The SMILES string of the molecule is COC(=O)c1ccc2nc(-c3ccc(OC)c(C45CC6CC(CC(C6)C4)C5)c3)[nH]c2c1. The van der Waals surface area contributed by atoms with Gasteiger partial charge in [-0.2, -0.15) is 0 Å². The number of aromatic amines is 1. The molecule has 31 heavy (non-hydrogen) atoms. The fourth-order valence-corrected chi connectivity index (χ4v) is 7.10. The summed E-state index contributed by atoms with van der Waals surface area (Å²) in [6.07, 6.45) is 8.15.